The number of hydrogen-bond acceptors (Lipinski definition) is 4. The van der Waals surface area contributed by atoms with Crippen LogP contribution in [0.5, 0.6) is 0 Å². The molecule has 144 valence electrons. The van der Waals surface area contributed by atoms with Crippen LogP contribution in [-0.4, -0.2) is 53.0 Å². The molecule has 1 saturated carbocycles. The molecule has 1 aromatic carbocycles. The van der Waals surface area contributed by atoms with Crippen LogP contribution in [0.3, 0.4) is 0 Å². The predicted molar refractivity (Wildman–Crippen MR) is 115 cm³/mol. The van der Waals surface area contributed by atoms with Gasteiger partial charge in [0.25, 0.3) is 0 Å². The molecule has 0 spiro atoms. The summed E-state index contributed by atoms with van der Waals surface area (Å²) in [6, 6.07) is 6.58. The van der Waals surface area contributed by atoms with Crippen LogP contribution < -0.4 is 10.6 Å². The lowest BCUT2D eigenvalue weighted by atomic mass is 10.1. The van der Waals surface area contributed by atoms with E-state index in [0.29, 0.717) is 16.5 Å². The van der Waals surface area contributed by atoms with Gasteiger partial charge in [0.1, 0.15) is 5.82 Å². The van der Waals surface area contributed by atoms with Gasteiger partial charge in [0, 0.05) is 55.1 Å². The normalized spacial score (nSPS) is 22.4. The molecular formula is C18H21ClFIN6. The summed E-state index contributed by atoms with van der Waals surface area (Å²) in [4.78, 5) is 17.3. The van der Waals surface area contributed by atoms with Gasteiger partial charge in [0.2, 0.25) is 5.95 Å². The Kier molecular flexibility index (Phi) is 6.36. The molecule has 0 radical (unpaired) electrons. The summed E-state index contributed by atoms with van der Waals surface area (Å²) in [6.07, 6.45) is 4.26. The molecule has 2 heterocycles. The van der Waals surface area contributed by atoms with Gasteiger partial charge in [-0.1, -0.05) is 17.7 Å². The zero-order valence-electron chi connectivity index (χ0n) is 14.6. The lowest BCUT2D eigenvalue weighted by Crippen LogP contribution is -2.51. The van der Waals surface area contributed by atoms with Crippen LogP contribution in [0.15, 0.2) is 41.7 Å². The van der Waals surface area contributed by atoms with E-state index >= 15 is 0 Å². The van der Waals surface area contributed by atoms with E-state index in [-0.39, 0.29) is 41.8 Å². The molecule has 2 aliphatic rings. The highest BCUT2D eigenvalue weighted by molar-refractivity contribution is 14.0. The van der Waals surface area contributed by atoms with E-state index in [9.17, 15) is 4.39 Å². The third-order valence-electron chi connectivity index (χ3n) is 4.86. The van der Waals surface area contributed by atoms with E-state index in [1.807, 2.05) is 0 Å². The summed E-state index contributed by atoms with van der Waals surface area (Å²) < 4.78 is 14.0. The van der Waals surface area contributed by atoms with Crippen LogP contribution in [0.2, 0.25) is 5.02 Å². The number of rotatable bonds is 3. The summed E-state index contributed by atoms with van der Waals surface area (Å²) in [7, 11) is 0. The third kappa shape index (κ3) is 4.43. The second kappa shape index (κ2) is 8.55. The van der Waals surface area contributed by atoms with Crippen LogP contribution >= 0.6 is 35.6 Å². The lowest BCUT2D eigenvalue weighted by molar-refractivity contribution is 0.378. The maximum atomic E-state index is 14.0. The molecule has 2 aromatic rings. The van der Waals surface area contributed by atoms with Gasteiger partial charge >= 0.3 is 0 Å². The van der Waals surface area contributed by atoms with Crippen molar-refractivity contribution < 1.29 is 4.39 Å². The quantitative estimate of drug-likeness (QED) is 0.397. The number of aliphatic imine (C=N–C) groups is 1. The fourth-order valence-electron chi connectivity index (χ4n) is 3.34. The van der Waals surface area contributed by atoms with E-state index in [4.69, 9.17) is 17.3 Å². The Balaban J connectivity index is 0.00000210. The van der Waals surface area contributed by atoms with Gasteiger partial charge in [-0.2, -0.15) is 0 Å². The first-order valence-electron chi connectivity index (χ1n) is 8.67. The molecule has 1 aliphatic carbocycles. The monoisotopic (exact) mass is 502 g/mol. The molecule has 1 saturated heterocycles. The van der Waals surface area contributed by atoms with Crippen molar-refractivity contribution in [1.82, 2.24) is 14.9 Å². The SMILES string of the molecule is I.NC(=N[C@@H]1C[C@H]1c1c(F)cccc1Cl)N1CCN(c2ncccn2)CC1. The number of benzene rings is 1. The van der Waals surface area contributed by atoms with Crippen LogP contribution in [-0.2, 0) is 0 Å². The Morgan fingerprint density at radius 2 is 1.85 bits per heavy atom. The molecule has 1 aliphatic heterocycles. The lowest BCUT2D eigenvalue weighted by Gasteiger charge is -2.35. The molecule has 9 heteroatoms. The van der Waals surface area contributed by atoms with E-state index in [1.165, 1.54) is 6.07 Å². The second-order valence-corrected chi connectivity index (χ2v) is 6.96. The van der Waals surface area contributed by atoms with Crippen molar-refractivity contribution in [2.24, 2.45) is 10.7 Å². The number of nitrogens with two attached hydrogens (primary N) is 1. The Bertz CT molecular complexity index is 793. The number of halogens is 3. The largest absolute Gasteiger partial charge is 0.370 e. The molecule has 2 atom stereocenters. The maximum absolute atomic E-state index is 14.0. The molecule has 27 heavy (non-hydrogen) atoms. The van der Waals surface area contributed by atoms with Crippen LogP contribution in [0, 0.1) is 5.82 Å². The molecule has 1 aromatic heterocycles. The molecule has 2 N–H and O–H groups in total. The number of guanidine groups is 1. The summed E-state index contributed by atoms with van der Waals surface area (Å²) in [6.45, 7) is 3.08. The van der Waals surface area contributed by atoms with Crippen LogP contribution in [0.25, 0.3) is 0 Å². The minimum absolute atomic E-state index is 0. The zero-order chi connectivity index (χ0) is 18.1. The molecule has 2 fully saturated rings. The average Bonchev–Trinajstić information content (AvgIpc) is 3.41. The summed E-state index contributed by atoms with van der Waals surface area (Å²) >= 11 is 6.14. The highest BCUT2D eigenvalue weighted by atomic mass is 127. The minimum Gasteiger partial charge on any atom is -0.370 e. The van der Waals surface area contributed by atoms with Gasteiger partial charge in [-0.15, -0.1) is 24.0 Å². The molecule has 0 amide bonds. The highest BCUT2D eigenvalue weighted by Crippen LogP contribution is 2.47. The third-order valence-corrected chi connectivity index (χ3v) is 5.19. The molecule has 6 nitrogen and oxygen atoms in total. The molecule has 0 bridgehead atoms. The van der Waals surface area contributed by atoms with E-state index in [0.717, 1.165) is 38.5 Å². The first kappa shape index (κ1) is 20.1. The van der Waals surface area contributed by atoms with Crippen molar-refractivity contribution >= 4 is 47.5 Å². The summed E-state index contributed by atoms with van der Waals surface area (Å²) in [5.74, 6) is 0.995. The predicted octanol–water partition coefficient (Wildman–Crippen LogP) is 2.88. The second-order valence-electron chi connectivity index (χ2n) is 6.56. The van der Waals surface area contributed by atoms with Gasteiger partial charge in [-0.25, -0.2) is 19.4 Å². The van der Waals surface area contributed by atoms with Gasteiger partial charge in [-0.3, -0.25) is 0 Å². The topological polar surface area (TPSA) is 70.6 Å². The minimum atomic E-state index is -0.268. The van der Waals surface area contributed by atoms with Crippen molar-refractivity contribution in [3.8, 4) is 0 Å². The Labute approximate surface area is 179 Å². The Morgan fingerprint density at radius 1 is 1.15 bits per heavy atom. The molecule has 0 unspecified atom stereocenters. The van der Waals surface area contributed by atoms with Crippen molar-refractivity contribution in [3.05, 3.63) is 53.1 Å². The van der Waals surface area contributed by atoms with E-state index < -0.39 is 0 Å². The van der Waals surface area contributed by atoms with Gasteiger partial charge < -0.3 is 15.5 Å². The Morgan fingerprint density at radius 3 is 2.52 bits per heavy atom. The highest BCUT2D eigenvalue weighted by Gasteiger charge is 2.42. The number of piperazine rings is 1. The summed E-state index contributed by atoms with van der Waals surface area (Å²) in [5.41, 5.74) is 6.75. The smallest absolute Gasteiger partial charge is 0.225 e. The fourth-order valence-corrected chi connectivity index (χ4v) is 3.64. The fraction of sp³-hybridized carbons (Fsp3) is 0.389. The first-order chi connectivity index (χ1) is 12.6. The van der Waals surface area contributed by atoms with Gasteiger partial charge in [0.15, 0.2) is 5.96 Å². The maximum Gasteiger partial charge on any atom is 0.225 e. The van der Waals surface area contributed by atoms with Crippen molar-refractivity contribution in [3.63, 3.8) is 0 Å². The van der Waals surface area contributed by atoms with E-state index in [2.05, 4.69) is 24.8 Å². The van der Waals surface area contributed by atoms with Crippen molar-refractivity contribution in [2.45, 2.75) is 18.4 Å². The molecular weight excluding hydrogens is 482 g/mol. The number of aromatic nitrogens is 2. The molecule has 4 rings (SSSR count). The number of nitrogens with zero attached hydrogens (tertiary/aromatic N) is 5. The number of anilines is 1. The first-order valence-corrected chi connectivity index (χ1v) is 9.05. The Hall–Kier alpha value is -1.68. The van der Waals surface area contributed by atoms with Crippen molar-refractivity contribution in [1.29, 1.82) is 0 Å². The van der Waals surface area contributed by atoms with Crippen LogP contribution in [0.4, 0.5) is 10.3 Å². The van der Waals surface area contributed by atoms with Gasteiger partial charge in [-0.05, 0) is 24.6 Å². The van der Waals surface area contributed by atoms with Crippen LogP contribution in [0.1, 0.15) is 17.9 Å². The van der Waals surface area contributed by atoms with Gasteiger partial charge in [0.05, 0.1) is 6.04 Å². The zero-order valence-corrected chi connectivity index (χ0v) is 17.7. The summed E-state index contributed by atoms with van der Waals surface area (Å²) in [5, 5.41) is 0.461. The average molecular weight is 503 g/mol. The standard InChI is InChI=1S/C18H20ClFN6.HI/c19-13-3-1-4-14(20)16(13)12-11-15(12)24-17(21)25-7-9-26(10-8-25)18-22-5-2-6-23-18;/h1-6,12,15H,7-11H2,(H2,21,24);1H/t12-,15-;/m1./s1. The number of hydrogen-bond donors (Lipinski definition) is 1. The van der Waals surface area contributed by atoms with E-state index in [1.54, 1.807) is 30.6 Å². The van der Waals surface area contributed by atoms with Crippen molar-refractivity contribution in [2.75, 3.05) is 31.1 Å².